The minimum atomic E-state index is -1.30. The number of esters is 2. The number of ether oxygens (including phenoxy) is 4. The SMILES string of the molecule is C=CCO[C@@H]1O[C@@H](C)[C@H](OC(=O)c2ccccc2)[C@@H](O)[C@H]1OC(C)=O. The first kappa shape index (κ1) is 19.1. The van der Waals surface area contributed by atoms with Gasteiger partial charge in [-0.25, -0.2) is 4.79 Å². The largest absolute Gasteiger partial charge is 0.454 e. The van der Waals surface area contributed by atoms with E-state index in [-0.39, 0.29) is 6.61 Å². The van der Waals surface area contributed by atoms with E-state index >= 15 is 0 Å². The lowest BCUT2D eigenvalue weighted by Gasteiger charge is -2.41. The molecule has 1 aliphatic rings. The van der Waals surface area contributed by atoms with E-state index in [1.807, 2.05) is 0 Å². The maximum Gasteiger partial charge on any atom is 0.338 e. The van der Waals surface area contributed by atoms with Crippen LogP contribution in [0, 0.1) is 0 Å². The van der Waals surface area contributed by atoms with Crippen LogP contribution in [-0.2, 0) is 23.7 Å². The van der Waals surface area contributed by atoms with Crippen molar-refractivity contribution in [3.63, 3.8) is 0 Å². The Labute approximate surface area is 146 Å². The van der Waals surface area contributed by atoms with Crippen LogP contribution in [0.5, 0.6) is 0 Å². The zero-order valence-electron chi connectivity index (χ0n) is 14.2. The second-order valence-corrected chi connectivity index (χ2v) is 5.63. The van der Waals surface area contributed by atoms with Crippen LogP contribution in [0.15, 0.2) is 43.0 Å². The van der Waals surface area contributed by atoms with Gasteiger partial charge in [0.15, 0.2) is 18.5 Å². The number of hydrogen-bond acceptors (Lipinski definition) is 7. The Balaban J connectivity index is 2.14. The molecule has 0 aliphatic carbocycles. The smallest absolute Gasteiger partial charge is 0.338 e. The molecule has 1 N–H and O–H groups in total. The third-order valence-corrected chi connectivity index (χ3v) is 3.69. The summed E-state index contributed by atoms with van der Waals surface area (Å²) in [6.07, 6.45) is -3.58. The van der Waals surface area contributed by atoms with E-state index in [9.17, 15) is 14.7 Å². The fraction of sp³-hybridized carbons (Fsp3) is 0.444. The summed E-state index contributed by atoms with van der Waals surface area (Å²) < 4.78 is 21.5. The van der Waals surface area contributed by atoms with Gasteiger partial charge >= 0.3 is 11.9 Å². The Morgan fingerprint density at radius 3 is 2.52 bits per heavy atom. The molecule has 1 fully saturated rings. The fourth-order valence-electron chi connectivity index (χ4n) is 2.54. The van der Waals surface area contributed by atoms with Gasteiger partial charge in [-0.2, -0.15) is 0 Å². The highest BCUT2D eigenvalue weighted by Gasteiger charge is 2.48. The van der Waals surface area contributed by atoms with Gasteiger partial charge in [0.2, 0.25) is 0 Å². The maximum absolute atomic E-state index is 12.2. The van der Waals surface area contributed by atoms with E-state index in [2.05, 4.69) is 6.58 Å². The summed E-state index contributed by atoms with van der Waals surface area (Å²) in [4.78, 5) is 23.6. The molecule has 1 heterocycles. The number of benzene rings is 1. The number of carbonyl (C=O) groups excluding carboxylic acids is 2. The summed E-state index contributed by atoms with van der Waals surface area (Å²) in [5, 5.41) is 10.6. The van der Waals surface area contributed by atoms with E-state index in [0.717, 1.165) is 0 Å². The van der Waals surface area contributed by atoms with Gasteiger partial charge in [0.05, 0.1) is 18.3 Å². The van der Waals surface area contributed by atoms with E-state index in [0.29, 0.717) is 5.56 Å². The summed E-state index contributed by atoms with van der Waals surface area (Å²) in [5.74, 6) is -1.21. The topological polar surface area (TPSA) is 91.3 Å². The summed E-state index contributed by atoms with van der Waals surface area (Å²) in [6, 6.07) is 8.38. The van der Waals surface area contributed by atoms with Crippen molar-refractivity contribution in [2.45, 2.75) is 44.6 Å². The first-order valence-corrected chi connectivity index (χ1v) is 7.93. The van der Waals surface area contributed by atoms with Gasteiger partial charge in [0.1, 0.15) is 6.10 Å². The zero-order chi connectivity index (χ0) is 18.4. The molecule has 0 spiro atoms. The zero-order valence-corrected chi connectivity index (χ0v) is 14.2. The van der Waals surface area contributed by atoms with Crippen LogP contribution in [-0.4, -0.2) is 54.4 Å². The summed E-state index contributed by atoms with van der Waals surface area (Å²) >= 11 is 0. The summed E-state index contributed by atoms with van der Waals surface area (Å²) in [5.41, 5.74) is 0.343. The number of aliphatic hydroxyl groups excluding tert-OH is 1. The number of carbonyl (C=O) groups is 2. The molecule has 0 aromatic heterocycles. The van der Waals surface area contributed by atoms with Crippen molar-refractivity contribution in [1.82, 2.24) is 0 Å². The Hall–Kier alpha value is -2.22. The molecule has 7 nitrogen and oxygen atoms in total. The minimum absolute atomic E-state index is 0.149. The number of aliphatic hydroxyl groups is 1. The van der Waals surface area contributed by atoms with Gasteiger partial charge in [-0.1, -0.05) is 24.3 Å². The van der Waals surface area contributed by atoms with E-state index in [4.69, 9.17) is 18.9 Å². The molecule has 1 aromatic carbocycles. The van der Waals surface area contributed by atoms with Gasteiger partial charge in [-0.05, 0) is 19.1 Å². The molecule has 1 saturated heterocycles. The molecule has 25 heavy (non-hydrogen) atoms. The van der Waals surface area contributed by atoms with Crippen molar-refractivity contribution in [2.24, 2.45) is 0 Å². The molecule has 0 bridgehead atoms. The second-order valence-electron chi connectivity index (χ2n) is 5.63. The van der Waals surface area contributed by atoms with Crippen LogP contribution in [0.3, 0.4) is 0 Å². The third-order valence-electron chi connectivity index (χ3n) is 3.69. The predicted octanol–water partition coefficient (Wildman–Crippen LogP) is 1.45. The molecule has 1 aromatic rings. The van der Waals surface area contributed by atoms with Gasteiger partial charge in [-0.3, -0.25) is 4.79 Å². The van der Waals surface area contributed by atoms with E-state index in [1.54, 1.807) is 37.3 Å². The number of rotatable bonds is 6. The van der Waals surface area contributed by atoms with Crippen LogP contribution < -0.4 is 0 Å². The molecule has 1 aliphatic heterocycles. The maximum atomic E-state index is 12.2. The van der Waals surface area contributed by atoms with Gasteiger partial charge in [0.25, 0.3) is 0 Å². The Morgan fingerprint density at radius 2 is 1.92 bits per heavy atom. The summed E-state index contributed by atoms with van der Waals surface area (Å²) in [6.45, 7) is 6.53. The third kappa shape index (κ3) is 4.88. The predicted molar refractivity (Wildman–Crippen MR) is 87.7 cm³/mol. The first-order chi connectivity index (χ1) is 11.9. The molecule has 0 radical (unpaired) electrons. The lowest BCUT2D eigenvalue weighted by atomic mass is 9.99. The van der Waals surface area contributed by atoms with Gasteiger partial charge in [0, 0.05) is 6.92 Å². The lowest BCUT2D eigenvalue weighted by Crippen LogP contribution is -2.60. The fourth-order valence-corrected chi connectivity index (χ4v) is 2.54. The number of hydrogen-bond donors (Lipinski definition) is 1. The first-order valence-electron chi connectivity index (χ1n) is 7.93. The van der Waals surface area contributed by atoms with Crippen molar-refractivity contribution >= 4 is 11.9 Å². The van der Waals surface area contributed by atoms with Gasteiger partial charge in [-0.15, -0.1) is 6.58 Å². The lowest BCUT2D eigenvalue weighted by molar-refractivity contribution is -0.293. The molecule has 0 unspecified atom stereocenters. The van der Waals surface area contributed by atoms with Crippen molar-refractivity contribution in [1.29, 1.82) is 0 Å². The van der Waals surface area contributed by atoms with Crippen molar-refractivity contribution in [2.75, 3.05) is 6.61 Å². The minimum Gasteiger partial charge on any atom is -0.454 e. The second kappa shape index (κ2) is 8.75. The van der Waals surface area contributed by atoms with Crippen LogP contribution in [0.2, 0.25) is 0 Å². The molecule has 7 heteroatoms. The highest BCUT2D eigenvalue weighted by atomic mass is 16.7. The molecular weight excluding hydrogens is 328 g/mol. The molecule has 5 atom stereocenters. The standard InChI is InChI=1S/C18H22O7/c1-4-10-22-18-16(24-12(3)19)14(20)15(11(2)23-18)25-17(21)13-8-6-5-7-9-13/h4-9,11,14-16,18,20H,1,10H2,2-3H3/t11-,14+,15-,16+,18+/m0/s1. The Kier molecular flexibility index (Phi) is 6.69. The van der Waals surface area contributed by atoms with Crippen LogP contribution in [0.25, 0.3) is 0 Å². The molecular formula is C18H22O7. The highest BCUT2D eigenvalue weighted by molar-refractivity contribution is 5.89. The Bertz CT molecular complexity index is 601. The Morgan fingerprint density at radius 1 is 1.24 bits per heavy atom. The van der Waals surface area contributed by atoms with E-state index < -0.39 is 42.6 Å². The van der Waals surface area contributed by atoms with Crippen LogP contribution >= 0.6 is 0 Å². The average Bonchev–Trinajstić information content (AvgIpc) is 2.60. The normalized spacial score (nSPS) is 28.8. The molecule has 2 rings (SSSR count). The van der Waals surface area contributed by atoms with Crippen molar-refractivity contribution in [3.05, 3.63) is 48.6 Å². The van der Waals surface area contributed by atoms with Crippen LogP contribution in [0.1, 0.15) is 24.2 Å². The summed E-state index contributed by atoms with van der Waals surface area (Å²) in [7, 11) is 0. The highest BCUT2D eigenvalue weighted by Crippen LogP contribution is 2.27. The van der Waals surface area contributed by atoms with Gasteiger partial charge < -0.3 is 24.1 Å². The van der Waals surface area contributed by atoms with Crippen molar-refractivity contribution < 1.29 is 33.6 Å². The average molecular weight is 350 g/mol. The quantitative estimate of drug-likeness (QED) is 0.613. The van der Waals surface area contributed by atoms with E-state index in [1.165, 1.54) is 13.0 Å². The molecule has 0 saturated carbocycles. The van der Waals surface area contributed by atoms with Crippen molar-refractivity contribution in [3.8, 4) is 0 Å². The van der Waals surface area contributed by atoms with Crippen LogP contribution in [0.4, 0.5) is 0 Å². The molecule has 136 valence electrons. The monoisotopic (exact) mass is 350 g/mol. The molecule has 0 amide bonds.